The predicted octanol–water partition coefficient (Wildman–Crippen LogP) is 4.32. The summed E-state index contributed by atoms with van der Waals surface area (Å²) in [6.07, 6.45) is -2.53. The number of hydrogen-bond donors (Lipinski definition) is 2. The molecule has 1 aromatic carbocycles. The summed E-state index contributed by atoms with van der Waals surface area (Å²) in [6.45, 7) is 1.52. The number of fused-ring (bicyclic) bond motifs is 2. The first kappa shape index (κ1) is 28.2. The fourth-order valence-corrected chi connectivity index (χ4v) is 7.00. The van der Waals surface area contributed by atoms with Crippen molar-refractivity contribution < 1.29 is 37.3 Å². The zero-order valence-corrected chi connectivity index (χ0v) is 22.9. The van der Waals surface area contributed by atoms with Crippen molar-refractivity contribution in [2.45, 2.75) is 69.1 Å². The number of amides is 1. The summed E-state index contributed by atoms with van der Waals surface area (Å²) in [5.41, 5.74) is -2.18. The van der Waals surface area contributed by atoms with Gasteiger partial charge >= 0.3 is 12.2 Å². The molecule has 2 aromatic rings. The Hall–Kier alpha value is -2.90. The molecule has 0 aliphatic carbocycles. The number of carbonyl (C=O) groups excluding carboxylic acids is 1. The van der Waals surface area contributed by atoms with Crippen molar-refractivity contribution in [3.05, 3.63) is 34.0 Å². The lowest BCUT2D eigenvalue weighted by molar-refractivity contribution is -0.137. The molecule has 14 heteroatoms. The average molecular weight is 600 g/mol. The van der Waals surface area contributed by atoms with Gasteiger partial charge in [0.15, 0.2) is 0 Å². The molecule has 4 aliphatic heterocycles. The number of aromatic nitrogens is 2. The second-order valence-corrected chi connectivity index (χ2v) is 11.7. The third kappa shape index (κ3) is 5.16. The summed E-state index contributed by atoms with van der Waals surface area (Å²) in [7, 11) is 0. The SMILES string of the molecule is O=C1c2c(nc(OC[C@@]34CCCN3CC(F)C4)nc2N2CCCC[C@@H](O)C2)CN1c1cc(O)cc(Cl)c1C(F)(F)F. The number of phenols is 1. The molecule has 0 radical (unpaired) electrons. The predicted molar refractivity (Wildman–Crippen MR) is 141 cm³/mol. The lowest BCUT2D eigenvalue weighted by Gasteiger charge is -2.31. The summed E-state index contributed by atoms with van der Waals surface area (Å²) < 4.78 is 62.5. The number of nitrogens with zero attached hydrogens (tertiary/aromatic N) is 5. The Balaban J connectivity index is 1.39. The second-order valence-electron chi connectivity index (χ2n) is 11.3. The molecule has 3 saturated heterocycles. The van der Waals surface area contributed by atoms with Crippen LogP contribution in [-0.4, -0.2) is 81.6 Å². The van der Waals surface area contributed by atoms with Crippen LogP contribution in [0.4, 0.5) is 29.1 Å². The molecule has 1 aromatic heterocycles. The molecular weight excluding hydrogens is 570 g/mol. The Bertz CT molecular complexity index is 1360. The molecule has 4 aliphatic rings. The van der Waals surface area contributed by atoms with E-state index in [0.29, 0.717) is 32.4 Å². The maximum Gasteiger partial charge on any atom is 0.419 e. The van der Waals surface area contributed by atoms with Gasteiger partial charge in [0.2, 0.25) is 0 Å². The van der Waals surface area contributed by atoms with Gasteiger partial charge < -0.3 is 24.7 Å². The van der Waals surface area contributed by atoms with E-state index in [1.54, 1.807) is 4.90 Å². The summed E-state index contributed by atoms with van der Waals surface area (Å²) in [5.74, 6) is -1.16. The highest BCUT2D eigenvalue weighted by Crippen LogP contribution is 2.46. The number of aliphatic hydroxyl groups is 1. The van der Waals surface area contributed by atoms with Gasteiger partial charge in [0.1, 0.15) is 29.9 Å². The third-order valence-corrected chi connectivity index (χ3v) is 8.81. The highest BCUT2D eigenvalue weighted by molar-refractivity contribution is 6.32. The normalized spacial score (nSPS) is 26.8. The molecule has 1 amide bonds. The van der Waals surface area contributed by atoms with Crippen molar-refractivity contribution in [2.75, 3.05) is 42.6 Å². The number of carbonyl (C=O) groups is 1. The van der Waals surface area contributed by atoms with Crippen molar-refractivity contribution in [1.29, 1.82) is 0 Å². The molecule has 0 bridgehead atoms. The third-order valence-electron chi connectivity index (χ3n) is 8.52. The van der Waals surface area contributed by atoms with E-state index in [4.69, 9.17) is 16.3 Å². The minimum Gasteiger partial charge on any atom is -0.508 e. The summed E-state index contributed by atoms with van der Waals surface area (Å²) in [6, 6.07) is 1.55. The van der Waals surface area contributed by atoms with Crippen molar-refractivity contribution in [2.24, 2.45) is 0 Å². The summed E-state index contributed by atoms with van der Waals surface area (Å²) in [5, 5.41) is 19.8. The van der Waals surface area contributed by atoms with E-state index in [2.05, 4.69) is 14.9 Å². The molecule has 0 spiro atoms. The average Bonchev–Trinajstić information content (AvgIpc) is 3.46. The molecular formula is C27H30ClF4N5O4. The fraction of sp³-hybridized carbons (Fsp3) is 0.593. The molecule has 2 N–H and O–H groups in total. The lowest BCUT2D eigenvalue weighted by Crippen LogP contribution is -2.43. The number of rotatable bonds is 5. The van der Waals surface area contributed by atoms with Crippen LogP contribution in [0.1, 0.15) is 60.1 Å². The quantitative estimate of drug-likeness (QED) is 0.490. The first-order valence-corrected chi connectivity index (χ1v) is 14.1. The Morgan fingerprint density at radius 3 is 2.73 bits per heavy atom. The first-order valence-electron chi connectivity index (χ1n) is 13.7. The number of aliphatic hydroxyl groups excluding tert-OH is 1. The van der Waals surface area contributed by atoms with Crippen LogP contribution in [0.3, 0.4) is 0 Å². The van der Waals surface area contributed by atoms with E-state index in [1.165, 1.54) is 0 Å². The topological polar surface area (TPSA) is 102 Å². The van der Waals surface area contributed by atoms with E-state index < -0.39 is 51.9 Å². The van der Waals surface area contributed by atoms with Gasteiger partial charge in [-0.25, -0.2) is 4.39 Å². The summed E-state index contributed by atoms with van der Waals surface area (Å²) in [4.78, 5) is 27.4. The van der Waals surface area contributed by atoms with Crippen LogP contribution in [0.25, 0.3) is 0 Å². The van der Waals surface area contributed by atoms with Gasteiger partial charge in [-0.05, 0) is 44.7 Å². The number of anilines is 2. The molecule has 3 atom stereocenters. The molecule has 6 rings (SSSR count). The number of halogens is 5. The Labute approximate surface area is 238 Å². The van der Waals surface area contributed by atoms with Crippen LogP contribution in [0.2, 0.25) is 5.02 Å². The maximum atomic E-state index is 14.3. The van der Waals surface area contributed by atoms with Gasteiger partial charge in [-0.3, -0.25) is 9.69 Å². The van der Waals surface area contributed by atoms with Crippen LogP contribution in [-0.2, 0) is 12.7 Å². The summed E-state index contributed by atoms with van der Waals surface area (Å²) >= 11 is 5.89. The monoisotopic (exact) mass is 599 g/mol. The van der Waals surface area contributed by atoms with Crippen LogP contribution >= 0.6 is 11.6 Å². The Kier molecular flexibility index (Phi) is 7.18. The van der Waals surface area contributed by atoms with Crippen molar-refractivity contribution >= 4 is 29.0 Å². The molecule has 3 fully saturated rings. The zero-order valence-electron chi connectivity index (χ0n) is 22.1. The Morgan fingerprint density at radius 1 is 1.15 bits per heavy atom. The van der Waals surface area contributed by atoms with E-state index in [9.17, 15) is 32.6 Å². The van der Waals surface area contributed by atoms with Crippen molar-refractivity contribution in [3.63, 3.8) is 0 Å². The van der Waals surface area contributed by atoms with Crippen molar-refractivity contribution in [1.82, 2.24) is 14.9 Å². The highest BCUT2D eigenvalue weighted by atomic mass is 35.5. The van der Waals surface area contributed by atoms with Gasteiger partial charge in [-0.2, -0.15) is 23.1 Å². The molecule has 5 heterocycles. The fourth-order valence-electron chi connectivity index (χ4n) is 6.68. The zero-order chi connectivity index (χ0) is 29.1. The molecule has 41 heavy (non-hydrogen) atoms. The van der Waals surface area contributed by atoms with Gasteiger partial charge in [-0.15, -0.1) is 0 Å². The van der Waals surface area contributed by atoms with Crippen LogP contribution in [0.5, 0.6) is 11.8 Å². The smallest absolute Gasteiger partial charge is 0.419 e. The highest BCUT2D eigenvalue weighted by Gasteiger charge is 2.50. The largest absolute Gasteiger partial charge is 0.508 e. The van der Waals surface area contributed by atoms with Gasteiger partial charge in [0.25, 0.3) is 5.91 Å². The molecule has 9 nitrogen and oxygen atoms in total. The Morgan fingerprint density at radius 2 is 1.95 bits per heavy atom. The number of β-amino-alcohol motifs (C(OH)–C–C–N with tert-alkyl or cyclic N) is 1. The first-order chi connectivity index (χ1) is 19.4. The van der Waals surface area contributed by atoms with E-state index in [1.807, 2.05) is 0 Å². The maximum absolute atomic E-state index is 14.3. The van der Waals surface area contributed by atoms with Gasteiger partial charge in [-0.1, -0.05) is 11.6 Å². The number of benzene rings is 1. The standard InChI is InChI=1S/C27H30ClF4N5O4/c28-18-8-17(39)9-20(22(18)27(30,31)32)37-13-19-21(24(37)40)23(35-6-2-1-4-16(38)12-35)34-25(33-19)41-14-26-5-3-7-36(26)11-15(29)10-26/h8-9,15-16,38-39H,1-7,10-14H2/t15?,16-,26+/m1/s1. The number of hydrogen-bond acceptors (Lipinski definition) is 8. The second kappa shape index (κ2) is 10.4. The number of alkyl halides is 4. The minimum atomic E-state index is -4.91. The van der Waals surface area contributed by atoms with Crippen molar-refractivity contribution in [3.8, 4) is 11.8 Å². The number of aromatic hydroxyl groups is 1. The molecule has 0 saturated carbocycles. The number of ether oxygens (including phenoxy) is 1. The van der Waals surface area contributed by atoms with E-state index in [-0.39, 0.29) is 42.8 Å². The molecule has 1 unspecified atom stereocenters. The van der Waals surface area contributed by atoms with Gasteiger partial charge in [0.05, 0.1) is 40.2 Å². The van der Waals surface area contributed by atoms with E-state index >= 15 is 0 Å². The number of phenolic OH excluding ortho intramolecular Hbond substituents is 1. The van der Waals surface area contributed by atoms with Gasteiger partial charge in [0, 0.05) is 32.1 Å². The van der Waals surface area contributed by atoms with Crippen LogP contribution in [0.15, 0.2) is 12.1 Å². The van der Waals surface area contributed by atoms with E-state index in [0.717, 1.165) is 42.8 Å². The van der Waals surface area contributed by atoms with Crippen LogP contribution in [0, 0.1) is 0 Å². The molecule has 222 valence electrons. The van der Waals surface area contributed by atoms with Crippen LogP contribution < -0.4 is 14.5 Å². The lowest BCUT2D eigenvalue weighted by atomic mass is 9.95. The minimum absolute atomic E-state index is 0.00406.